The summed E-state index contributed by atoms with van der Waals surface area (Å²) in [7, 11) is 1.94. The third-order valence-electron chi connectivity index (χ3n) is 3.75. The summed E-state index contributed by atoms with van der Waals surface area (Å²) in [4.78, 5) is 4.56. The lowest BCUT2D eigenvalue weighted by molar-refractivity contribution is 0.627. The molecule has 130 valence electrons. The number of hydrogen-bond donors (Lipinski definition) is 2. The molecule has 0 amide bonds. The number of rotatable bonds is 7. The van der Waals surface area contributed by atoms with Gasteiger partial charge in [-0.1, -0.05) is 25.5 Å². The van der Waals surface area contributed by atoms with E-state index in [9.17, 15) is 4.39 Å². The van der Waals surface area contributed by atoms with Gasteiger partial charge in [0.2, 0.25) is 0 Å². The minimum absolute atomic E-state index is 0.236. The Balaban J connectivity index is 1.98. The van der Waals surface area contributed by atoms with E-state index < -0.39 is 0 Å². The summed E-state index contributed by atoms with van der Waals surface area (Å²) in [6.07, 6.45) is 2.18. The maximum absolute atomic E-state index is 13.0. The van der Waals surface area contributed by atoms with Gasteiger partial charge in [-0.3, -0.25) is 0 Å². The fourth-order valence-electron chi connectivity index (χ4n) is 2.09. The van der Waals surface area contributed by atoms with Gasteiger partial charge in [0.25, 0.3) is 0 Å². The van der Waals surface area contributed by atoms with E-state index in [4.69, 9.17) is 0 Å². The van der Waals surface area contributed by atoms with Crippen LogP contribution in [-0.4, -0.2) is 27.3 Å². The molecule has 1 heterocycles. The quantitative estimate of drug-likeness (QED) is 0.464. The van der Waals surface area contributed by atoms with Crippen LogP contribution in [0.25, 0.3) is 0 Å². The van der Waals surface area contributed by atoms with Crippen LogP contribution in [-0.2, 0) is 20.1 Å². The van der Waals surface area contributed by atoms with Crippen LogP contribution in [0.4, 0.5) is 4.39 Å². The van der Waals surface area contributed by atoms with E-state index in [1.807, 2.05) is 18.5 Å². The van der Waals surface area contributed by atoms with Gasteiger partial charge in [0.15, 0.2) is 11.8 Å². The molecule has 2 aromatic rings. The molecule has 0 aliphatic carbocycles. The van der Waals surface area contributed by atoms with Crippen molar-refractivity contribution in [1.82, 2.24) is 25.4 Å². The number of hydrogen-bond acceptors (Lipinski definition) is 3. The molecule has 24 heavy (non-hydrogen) atoms. The summed E-state index contributed by atoms with van der Waals surface area (Å²) in [5, 5.41) is 14.8. The van der Waals surface area contributed by atoms with Crippen LogP contribution in [0, 0.1) is 12.7 Å². The number of nitrogens with zero attached hydrogens (tertiary/aromatic N) is 4. The van der Waals surface area contributed by atoms with Gasteiger partial charge < -0.3 is 15.2 Å². The van der Waals surface area contributed by atoms with Gasteiger partial charge in [0, 0.05) is 13.6 Å². The average molecular weight is 332 g/mol. The molecule has 2 rings (SSSR count). The molecule has 2 N–H and O–H groups in total. The van der Waals surface area contributed by atoms with Crippen molar-refractivity contribution in [3.8, 4) is 0 Å². The van der Waals surface area contributed by atoms with Crippen molar-refractivity contribution in [3.05, 3.63) is 47.3 Å². The zero-order valence-electron chi connectivity index (χ0n) is 14.5. The van der Waals surface area contributed by atoms with Crippen molar-refractivity contribution >= 4 is 5.96 Å². The lowest BCUT2D eigenvalue weighted by Gasteiger charge is -2.12. The zero-order chi connectivity index (χ0) is 17.4. The number of aliphatic imine (C=N–C) groups is 1. The number of aryl methyl sites for hydroxylation is 1. The normalized spacial score (nSPS) is 11.6. The maximum Gasteiger partial charge on any atom is 0.191 e. The number of aromatic nitrogens is 3. The van der Waals surface area contributed by atoms with Crippen LogP contribution in [0.5, 0.6) is 0 Å². The van der Waals surface area contributed by atoms with Crippen LogP contribution in [0.3, 0.4) is 0 Å². The third kappa shape index (κ3) is 5.33. The van der Waals surface area contributed by atoms with Crippen LogP contribution < -0.4 is 10.6 Å². The molecule has 0 aliphatic heterocycles. The highest BCUT2D eigenvalue weighted by Crippen LogP contribution is 2.04. The Bertz CT molecular complexity index is 662. The molecule has 0 saturated carbocycles. The Morgan fingerprint density at radius 2 is 1.96 bits per heavy atom. The van der Waals surface area contributed by atoms with Crippen LogP contribution >= 0.6 is 0 Å². The number of nitrogens with one attached hydrogen (secondary N) is 2. The Kier molecular flexibility index (Phi) is 6.72. The van der Waals surface area contributed by atoms with Crippen molar-refractivity contribution in [2.45, 2.75) is 39.8 Å². The summed E-state index contributed by atoms with van der Waals surface area (Å²) in [5.41, 5.74) is 0.961. The first-order valence-electron chi connectivity index (χ1n) is 8.21. The van der Waals surface area contributed by atoms with Gasteiger partial charge >= 0.3 is 0 Å². The molecule has 1 aromatic heterocycles. The molecule has 0 saturated heterocycles. The van der Waals surface area contributed by atoms with Crippen LogP contribution in [0.1, 0.15) is 37.0 Å². The highest BCUT2D eigenvalue weighted by Gasteiger charge is 2.06. The molecular weight excluding hydrogens is 307 g/mol. The first-order chi connectivity index (χ1) is 11.6. The highest BCUT2D eigenvalue weighted by molar-refractivity contribution is 5.79. The van der Waals surface area contributed by atoms with E-state index in [1.165, 1.54) is 12.1 Å². The predicted octanol–water partition coefficient (Wildman–Crippen LogP) is 2.30. The van der Waals surface area contributed by atoms with Crippen molar-refractivity contribution in [2.75, 3.05) is 6.54 Å². The Hall–Kier alpha value is -2.44. The van der Waals surface area contributed by atoms with Gasteiger partial charge in [-0.25, -0.2) is 9.38 Å². The van der Waals surface area contributed by atoms with E-state index >= 15 is 0 Å². The summed E-state index contributed by atoms with van der Waals surface area (Å²) in [5.74, 6) is 2.20. The molecule has 0 bridgehead atoms. The lowest BCUT2D eigenvalue weighted by Crippen LogP contribution is -2.38. The maximum atomic E-state index is 13.0. The van der Waals surface area contributed by atoms with Gasteiger partial charge in [0.1, 0.15) is 11.6 Å². The number of guanidine groups is 1. The standard InChI is InChI=1S/C17H25FN6/c1-4-5-10-19-17(20-11-14-6-8-15(18)9-7-14)21-12-16-23-22-13(2)24(16)3/h6-9H,4-5,10-12H2,1-3H3,(H2,19,20,21). The van der Waals surface area contributed by atoms with Gasteiger partial charge in [-0.05, 0) is 31.0 Å². The second kappa shape index (κ2) is 9.00. The highest BCUT2D eigenvalue weighted by atomic mass is 19.1. The lowest BCUT2D eigenvalue weighted by atomic mass is 10.2. The molecule has 7 heteroatoms. The Morgan fingerprint density at radius 3 is 2.58 bits per heavy atom. The Labute approximate surface area is 142 Å². The monoisotopic (exact) mass is 332 g/mol. The smallest absolute Gasteiger partial charge is 0.191 e. The minimum atomic E-state index is -0.236. The van der Waals surface area contributed by atoms with Gasteiger partial charge in [-0.2, -0.15) is 0 Å². The van der Waals surface area contributed by atoms with Crippen molar-refractivity contribution in [1.29, 1.82) is 0 Å². The third-order valence-corrected chi connectivity index (χ3v) is 3.75. The average Bonchev–Trinajstić information content (AvgIpc) is 2.90. The first kappa shape index (κ1) is 17.9. The van der Waals surface area contributed by atoms with Crippen LogP contribution in [0.15, 0.2) is 29.3 Å². The fraction of sp³-hybridized carbons (Fsp3) is 0.471. The summed E-state index contributed by atoms with van der Waals surface area (Å²) in [6.45, 7) is 5.94. The molecule has 0 fully saturated rings. The largest absolute Gasteiger partial charge is 0.356 e. The fourth-order valence-corrected chi connectivity index (χ4v) is 2.09. The molecule has 0 unspecified atom stereocenters. The van der Waals surface area contributed by atoms with E-state index in [-0.39, 0.29) is 5.82 Å². The van der Waals surface area contributed by atoms with E-state index in [0.29, 0.717) is 19.0 Å². The molecule has 0 radical (unpaired) electrons. The van der Waals surface area contributed by atoms with Crippen LogP contribution in [0.2, 0.25) is 0 Å². The number of benzene rings is 1. The number of unbranched alkanes of at least 4 members (excludes halogenated alkanes) is 1. The molecule has 0 atom stereocenters. The molecular formula is C17H25FN6. The van der Waals surface area contributed by atoms with Crippen molar-refractivity contribution < 1.29 is 4.39 Å². The molecule has 0 aliphatic rings. The summed E-state index contributed by atoms with van der Waals surface area (Å²) in [6, 6.07) is 6.39. The summed E-state index contributed by atoms with van der Waals surface area (Å²) < 4.78 is 14.9. The molecule has 1 aromatic carbocycles. The summed E-state index contributed by atoms with van der Waals surface area (Å²) >= 11 is 0. The van der Waals surface area contributed by atoms with E-state index in [2.05, 4.69) is 32.7 Å². The predicted molar refractivity (Wildman–Crippen MR) is 93.0 cm³/mol. The Morgan fingerprint density at radius 1 is 1.21 bits per heavy atom. The SMILES string of the molecule is CCCCNC(=NCc1ccc(F)cc1)NCc1nnc(C)n1C. The zero-order valence-corrected chi connectivity index (χ0v) is 14.5. The van der Waals surface area contributed by atoms with E-state index in [1.54, 1.807) is 12.1 Å². The topological polar surface area (TPSA) is 67.1 Å². The molecule has 6 nitrogen and oxygen atoms in total. The van der Waals surface area contributed by atoms with Gasteiger partial charge in [0.05, 0.1) is 13.1 Å². The number of halogens is 1. The molecule has 0 spiro atoms. The first-order valence-corrected chi connectivity index (χ1v) is 8.21. The second-order valence-electron chi connectivity index (χ2n) is 5.65. The second-order valence-corrected chi connectivity index (χ2v) is 5.65. The minimum Gasteiger partial charge on any atom is -0.356 e. The van der Waals surface area contributed by atoms with Crippen molar-refractivity contribution in [3.63, 3.8) is 0 Å². The van der Waals surface area contributed by atoms with E-state index in [0.717, 1.165) is 36.6 Å². The van der Waals surface area contributed by atoms with Crippen molar-refractivity contribution in [2.24, 2.45) is 12.0 Å². The van der Waals surface area contributed by atoms with Gasteiger partial charge in [-0.15, -0.1) is 10.2 Å².